The van der Waals surface area contributed by atoms with Crippen LogP contribution in [-0.4, -0.2) is 4.98 Å². The van der Waals surface area contributed by atoms with Gasteiger partial charge in [-0.25, -0.2) is 4.98 Å². The first-order valence-electron chi connectivity index (χ1n) is 8.24. The van der Waals surface area contributed by atoms with E-state index in [0.717, 1.165) is 22.1 Å². The van der Waals surface area contributed by atoms with Gasteiger partial charge < -0.3 is 5.32 Å². The number of thiazole rings is 1. The molecule has 2 nitrogen and oxygen atoms in total. The van der Waals surface area contributed by atoms with Crippen LogP contribution in [0.1, 0.15) is 5.56 Å². The van der Waals surface area contributed by atoms with E-state index in [1.54, 1.807) is 11.3 Å². The Bertz CT molecular complexity index is 972. The number of anilines is 2. The molecule has 25 heavy (non-hydrogen) atoms. The molecule has 4 aromatic rings. The molecule has 0 amide bonds. The van der Waals surface area contributed by atoms with Crippen molar-refractivity contribution in [2.45, 2.75) is 6.92 Å². The quantitative estimate of drug-likeness (QED) is 0.456. The van der Waals surface area contributed by atoms with Gasteiger partial charge in [0.05, 0.1) is 5.69 Å². The van der Waals surface area contributed by atoms with Crippen molar-refractivity contribution < 1.29 is 0 Å². The van der Waals surface area contributed by atoms with E-state index >= 15 is 0 Å². The van der Waals surface area contributed by atoms with Gasteiger partial charge in [-0.05, 0) is 29.7 Å². The summed E-state index contributed by atoms with van der Waals surface area (Å²) in [5, 5.41) is 6.42. The first-order chi connectivity index (χ1) is 12.3. The summed E-state index contributed by atoms with van der Waals surface area (Å²) in [7, 11) is 0. The zero-order valence-corrected chi connectivity index (χ0v) is 14.8. The summed E-state index contributed by atoms with van der Waals surface area (Å²) in [5.74, 6) is 0. The molecule has 0 unspecified atom stereocenters. The third-order valence-electron chi connectivity index (χ3n) is 4.18. The van der Waals surface area contributed by atoms with Gasteiger partial charge in [0, 0.05) is 16.6 Å². The normalized spacial score (nSPS) is 10.6. The molecule has 3 heteroatoms. The zero-order chi connectivity index (χ0) is 17.1. The van der Waals surface area contributed by atoms with Crippen LogP contribution in [0.3, 0.4) is 0 Å². The van der Waals surface area contributed by atoms with Gasteiger partial charge in [0.2, 0.25) is 0 Å². The fourth-order valence-corrected chi connectivity index (χ4v) is 3.49. The lowest BCUT2D eigenvalue weighted by molar-refractivity contribution is 1.36. The van der Waals surface area contributed by atoms with Crippen LogP contribution >= 0.6 is 11.3 Å². The van der Waals surface area contributed by atoms with Gasteiger partial charge in [0.1, 0.15) is 0 Å². The standard InChI is InChI=1S/C22H18N2S/c1-16-7-5-6-10-20(16)23-22-24-21(15-25-22)19-13-11-18(12-14-19)17-8-3-2-4-9-17/h2-15H,1H3,(H,23,24). The van der Waals surface area contributed by atoms with E-state index in [1.807, 2.05) is 18.2 Å². The minimum Gasteiger partial charge on any atom is -0.331 e. The maximum absolute atomic E-state index is 4.73. The van der Waals surface area contributed by atoms with E-state index in [4.69, 9.17) is 4.98 Å². The highest BCUT2D eigenvalue weighted by molar-refractivity contribution is 7.14. The third-order valence-corrected chi connectivity index (χ3v) is 4.94. The predicted molar refractivity (Wildman–Crippen MR) is 107 cm³/mol. The summed E-state index contributed by atoms with van der Waals surface area (Å²) in [5.41, 5.74) is 6.90. The Hall–Kier alpha value is -2.91. The maximum atomic E-state index is 4.73. The average Bonchev–Trinajstić information content (AvgIpc) is 3.13. The zero-order valence-electron chi connectivity index (χ0n) is 13.9. The third kappa shape index (κ3) is 3.47. The first kappa shape index (κ1) is 15.6. The molecule has 0 radical (unpaired) electrons. The molecule has 0 aliphatic heterocycles. The SMILES string of the molecule is Cc1ccccc1Nc1nc(-c2ccc(-c3ccccc3)cc2)cs1. The highest BCUT2D eigenvalue weighted by Crippen LogP contribution is 2.29. The molecule has 3 aromatic carbocycles. The van der Waals surface area contributed by atoms with Crippen molar-refractivity contribution in [2.24, 2.45) is 0 Å². The van der Waals surface area contributed by atoms with Gasteiger partial charge >= 0.3 is 0 Å². The molecule has 0 saturated carbocycles. The number of nitrogens with zero attached hydrogens (tertiary/aromatic N) is 1. The monoisotopic (exact) mass is 342 g/mol. The molecule has 0 bridgehead atoms. The Morgan fingerprint density at radius 2 is 1.36 bits per heavy atom. The Morgan fingerprint density at radius 3 is 2.12 bits per heavy atom. The maximum Gasteiger partial charge on any atom is 0.187 e. The molecule has 4 rings (SSSR count). The second-order valence-corrected chi connectivity index (χ2v) is 6.78. The number of aromatic nitrogens is 1. The minimum absolute atomic E-state index is 0.913. The number of aryl methyl sites for hydroxylation is 1. The summed E-state index contributed by atoms with van der Waals surface area (Å²) in [4.78, 5) is 4.73. The fourth-order valence-electron chi connectivity index (χ4n) is 2.76. The Kier molecular flexibility index (Phi) is 4.32. The summed E-state index contributed by atoms with van der Waals surface area (Å²) < 4.78 is 0. The lowest BCUT2D eigenvalue weighted by Gasteiger charge is -2.05. The van der Waals surface area contributed by atoms with Gasteiger partial charge in [-0.1, -0.05) is 72.8 Å². The molecule has 122 valence electrons. The van der Waals surface area contributed by atoms with E-state index < -0.39 is 0 Å². The summed E-state index contributed by atoms with van der Waals surface area (Å²) >= 11 is 1.63. The number of para-hydroxylation sites is 1. The van der Waals surface area contributed by atoms with Gasteiger partial charge in [-0.15, -0.1) is 11.3 Å². The molecule has 0 saturated heterocycles. The lowest BCUT2D eigenvalue weighted by atomic mass is 10.0. The Labute approximate surface area is 151 Å². The number of nitrogens with one attached hydrogen (secondary N) is 1. The molecule has 0 aliphatic carbocycles. The topological polar surface area (TPSA) is 24.9 Å². The van der Waals surface area contributed by atoms with Gasteiger partial charge in [-0.2, -0.15) is 0 Å². The fraction of sp³-hybridized carbons (Fsp3) is 0.0455. The van der Waals surface area contributed by atoms with E-state index in [-0.39, 0.29) is 0 Å². The number of hydrogen-bond donors (Lipinski definition) is 1. The van der Waals surface area contributed by atoms with Crippen molar-refractivity contribution in [1.29, 1.82) is 0 Å². The van der Waals surface area contributed by atoms with Crippen molar-refractivity contribution in [1.82, 2.24) is 4.98 Å². The second kappa shape index (κ2) is 6.91. The van der Waals surface area contributed by atoms with Gasteiger partial charge in [0.15, 0.2) is 5.13 Å². The molecule has 0 aliphatic rings. The van der Waals surface area contributed by atoms with Crippen LogP contribution in [0, 0.1) is 6.92 Å². The predicted octanol–water partition coefficient (Wildman–Crippen LogP) is 6.53. The molecular weight excluding hydrogens is 324 g/mol. The van der Waals surface area contributed by atoms with Crippen LogP contribution < -0.4 is 5.32 Å². The van der Waals surface area contributed by atoms with Crippen molar-refractivity contribution in [3.63, 3.8) is 0 Å². The van der Waals surface area contributed by atoms with Crippen molar-refractivity contribution in [3.05, 3.63) is 89.8 Å². The molecule has 0 atom stereocenters. The number of rotatable bonds is 4. The van der Waals surface area contributed by atoms with Crippen molar-refractivity contribution >= 4 is 22.2 Å². The van der Waals surface area contributed by atoms with E-state index in [9.17, 15) is 0 Å². The summed E-state index contributed by atoms with van der Waals surface area (Å²) in [6, 6.07) is 27.2. The highest BCUT2D eigenvalue weighted by Gasteiger charge is 2.06. The van der Waals surface area contributed by atoms with Gasteiger partial charge in [-0.3, -0.25) is 0 Å². The van der Waals surface area contributed by atoms with Crippen LogP contribution in [-0.2, 0) is 0 Å². The van der Waals surface area contributed by atoms with E-state index in [1.165, 1.54) is 16.7 Å². The highest BCUT2D eigenvalue weighted by atomic mass is 32.1. The Balaban J connectivity index is 1.55. The number of hydrogen-bond acceptors (Lipinski definition) is 3. The molecule has 1 N–H and O–H groups in total. The van der Waals surface area contributed by atoms with E-state index in [2.05, 4.69) is 78.3 Å². The van der Waals surface area contributed by atoms with Crippen molar-refractivity contribution in [3.8, 4) is 22.4 Å². The summed E-state index contributed by atoms with van der Waals surface area (Å²) in [6.45, 7) is 2.10. The molecule has 0 fully saturated rings. The van der Waals surface area contributed by atoms with E-state index in [0.29, 0.717) is 0 Å². The minimum atomic E-state index is 0.913. The molecule has 1 heterocycles. The van der Waals surface area contributed by atoms with Crippen LogP contribution in [0.2, 0.25) is 0 Å². The molecule has 0 spiro atoms. The summed E-state index contributed by atoms with van der Waals surface area (Å²) in [6.07, 6.45) is 0. The second-order valence-electron chi connectivity index (χ2n) is 5.92. The van der Waals surface area contributed by atoms with Crippen LogP contribution in [0.5, 0.6) is 0 Å². The van der Waals surface area contributed by atoms with Crippen LogP contribution in [0.15, 0.2) is 84.2 Å². The molecule has 1 aromatic heterocycles. The van der Waals surface area contributed by atoms with Crippen LogP contribution in [0.4, 0.5) is 10.8 Å². The van der Waals surface area contributed by atoms with Crippen molar-refractivity contribution in [2.75, 3.05) is 5.32 Å². The Morgan fingerprint density at radius 1 is 0.720 bits per heavy atom. The molecular formula is C22H18N2S. The smallest absolute Gasteiger partial charge is 0.187 e. The average molecular weight is 342 g/mol. The first-order valence-corrected chi connectivity index (χ1v) is 9.11. The number of benzene rings is 3. The van der Waals surface area contributed by atoms with Crippen LogP contribution in [0.25, 0.3) is 22.4 Å². The van der Waals surface area contributed by atoms with Gasteiger partial charge in [0.25, 0.3) is 0 Å². The lowest BCUT2D eigenvalue weighted by Crippen LogP contribution is -1.92. The largest absolute Gasteiger partial charge is 0.331 e.